The van der Waals surface area contributed by atoms with E-state index in [0.29, 0.717) is 0 Å². The minimum Gasteiger partial charge on any atom is -0.493 e. The van der Waals surface area contributed by atoms with E-state index in [-0.39, 0.29) is 11.5 Å². The Hall–Kier alpha value is -1.78. The molecule has 5 heteroatoms. The minimum atomic E-state index is -1.34. The maximum atomic E-state index is 13.4. The third-order valence-electron chi connectivity index (χ3n) is 1.72. The molecule has 0 heterocycles. The average Bonchev–Trinajstić information content (AvgIpc) is 2.16. The minimum absolute atomic E-state index is 0.162. The molecule has 0 spiro atoms. The van der Waals surface area contributed by atoms with Gasteiger partial charge in [-0.05, 0) is 12.1 Å². The summed E-state index contributed by atoms with van der Waals surface area (Å²) in [5.74, 6) is -2.31. The fourth-order valence-corrected chi connectivity index (χ4v) is 1.05. The number of halogens is 1. The van der Waals surface area contributed by atoms with Crippen LogP contribution in [0.2, 0.25) is 0 Å². The zero-order valence-corrected chi connectivity index (χ0v) is 7.70. The van der Waals surface area contributed by atoms with Crippen molar-refractivity contribution in [3.63, 3.8) is 0 Å². The summed E-state index contributed by atoms with van der Waals surface area (Å²) in [5, 5.41) is 8.61. The van der Waals surface area contributed by atoms with Gasteiger partial charge in [-0.25, -0.2) is 9.18 Å². The van der Waals surface area contributed by atoms with Crippen LogP contribution in [-0.2, 0) is 0 Å². The van der Waals surface area contributed by atoms with Crippen LogP contribution in [0.3, 0.4) is 0 Å². The van der Waals surface area contributed by atoms with Gasteiger partial charge in [-0.1, -0.05) is 0 Å². The van der Waals surface area contributed by atoms with Crippen LogP contribution >= 0.6 is 0 Å². The second kappa shape index (κ2) is 3.95. The molecule has 1 aromatic rings. The first kappa shape index (κ1) is 10.3. The summed E-state index contributed by atoms with van der Waals surface area (Å²) in [5.41, 5.74) is -0.442. The van der Waals surface area contributed by atoms with E-state index >= 15 is 0 Å². The molecule has 0 unspecified atom stereocenters. The molecule has 0 atom stereocenters. The molecule has 0 bridgehead atoms. The van der Waals surface area contributed by atoms with Crippen LogP contribution < -0.4 is 9.47 Å². The van der Waals surface area contributed by atoms with Crippen molar-refractivity contribution in [3.8, 4) is 11.5 Å². The van der Waals surface area contributed by atoms with Gasteiger partial charge in [0.15, 0.2) is 17.3 Å². The maximum Gasteiger partial charge on any atom is 0.338 e. The van der Waals surface area contributed by atoms with Crippen molar-refractivity contribution in [3.05, 3.63) is 23.5 Å². The third-order valence-corrected chi connectivity index (χ3v) is 1.72. The van der Waals surface area contributed by atoms with Gasteiger partial charge in [-0.2, -0.15) is 0 Å². The van der Waals surface area contributed by atoms with E-state index in [0.717, 1.165) is 6.07 Å². The second-order valence-electron chi connectivity index (χ2n) is 2.47. The fourth-order valence-electron chi connectivity index (χ4n) is 1.05. The lowest BCUT2D eigenvalue weighted by Gasteiger charge is -2.09. The molecule has 0 fully saturated rings. The van der Waals surface area contributed by atoms with Crippen molar-refractivity contribution >= 4 is 5.97 Å². The van der Waals surface area contributed by atoms with E-state index in [1.54, 1.807) is 0 Å². The standard InChI is InChI=1S/C9H9FO4/c1-13-6-4-3-5(9(11)12)7(10)8(6)14-2/h3-4H,1-2H3,(H,11,12). The average molecular weight is 200 g/mol. The molecule has 76 valence electrons. The molecule has 0 radical (unpaired) electrons. The van der Waals surface area contributed by atoms with Gasteiger partial charge < -0.3 is 14.6 Å². The van der Waals surface area contributed by atoms with Crippen LogP contribution in [0.25, 0.3) is 0 Å². The highest BCUT2D eigenvalue weighted by Crippen LogP contribution is 2.31. The molecule has 0 amide bonds. The highest BCUT2D eigenvalue weighted by Gasteiger charge is 2.18. The van der Waals surface area contributed by atoms with Crippen molar-refractivity contribution in [1.82, 2.24) is 0 Å². The predicted octanol–water partition coefficient (Wildman–Crippen LogP) is 1.54. The summed E-state index contributed by atoms with van der Waals surface area (Å²) in [4.78, 5) is 10.6. The number of ether oxygens (including phenoxy) is 2. The van der Waals surface area contributed by atoms with Crippen molar-refractivity contribution in [2.45, 2.75) is 0 Å². The molecule has 1 aromatic carbocycles. The molecule has 4 nitrogen and oxygen atoms in total. The van der Waals surface area contributed by atoms with Gasteiger partial charge in [0.1, 0.15) is 0 Å². The van der Waals surface area contributed by atoms with Crippen LogP contribution in [0, 0.1) is 5.82 Å². The quantitative estimate of drug-likeness (QED) is 0.804. The maximum absolute atomic E-state index is 13.4. The van der Waals surface area contributed by atoms with E-state index < -0.39 is 17.3 Å². The smallest absolute Gasteiger partial charge is 0.338 e. The summed E-state index contributed by atoms with van der Waals surface area (Å²) < 4.78 is 22.9. The lowest BCUT2D eigenvalue weighted by molar-refractivity contribution is 0.0691. The van der Waals surface area contributed by atoms with E-state index in [1.807, 2.05) is 0 Å². The monoisotopic (exact) mass is 200 g/mol. The third kappa shape index (κ3) is 1.61. The molecular formula is C9H9FO4. The first-order chi connectivity index (χ1) is 6.61. The molecular weight excluding hydrogens is 191 g/mol. The molecule has 0 aromatic heterocycles. The van der Waals surface area contributed by atoms with Crippen LogP contribution in [0.1, 0.15) is 10.4 Å². The summed E-state index contributed by atoms with van der Waals surface area (Å²) >= 11 is 0. The van der Waals surface area contributed by atoms with Crippen molar-refractivity contribution in [2.75, 3.05) is 14.2 Å². The van der Waals surface area contributed by atoms with Crippen LogP contribution in [0.5, 0.6) is 11.5 Å². The number of carbonyl (C=O) groups is 1. The van der Waals surface area contributed by atoms with Gasteiger partial charge in [0.2, 0.25) is 0 Å². The Morgan fingerprint density at radius 2 is 2.00 bits per heavy atom. The van der Waals surface area contributed by atoms with Gasteiger partial charge in [0.05, 0.1) is 19.8 Å². The SMILES string of the molecule is COc1ccc(C(=O)O)c(F)c1OC. The number of methoxy groups -OCH3 is 2. The largest absolute Gasteiger partial charge is 0.493 e. The second-order valence-corrected chi connectivity index (χ2v) is 2.47. The van der Waals surface area contributed by atoms with E-state index in [1.165, 1.54) is 20.3 Å². The molecule has 0 aliphatic rings. The highest BCUT2D eigenvalue weighted by molar-refractivity contribution is 5.88. The van der Waals surface area contributed by atoms with Gasteiger partial charge in [0.25, 0.3) is 0 Å². The van der Waals surface area contributed by atoms with E-state index in [2.05, 4.69) is 0 Å². The number of hydrogen-bond acceptors (Lipinski definition) is 3. The van der Waals surface area contributed by atoms with Crippen molar-refractivity contribution < 1.29 is 23.8 Å². The van der Waals surface area contributed by atoms with Crippen molar-refractivity contribution in [2.24, 2.45) is 0 Å². The molecule has 1 rings (SSSR count). The zero-order valence-electron chi connectivity index (χ0n) is 7.70. The van der Waals surface area contributed by atoms with E-state index in [4.69, 9.17) is 14.6 Å². The lowest BCUT2D eigenvalue weighted by atomic mass is 10.2. The summed E-state index contributed by atoms with van der Waals surface area (Å²) in [6.45, 7) is 0. The van der Waals surface area contributed by atoms with Crippen LogP contribution in [0.4, 0.5) is 4.39 Å². The topological polar surface area (TPSA) is 55.8 Å². The Morgan fingerprint density at radius 3 is 2.43 bits per heavy atom. The number of aromatic carboxylic acids is 1. The fraction of sp³-hybridized carbons (Fsp3) is 0.222. The molecule has 0 aliphatic heterocycles. The van der Waals surface area contributed by atoms with Crippen LogP contribution in [0.15, 0.2) is 12.1 Å². The summed E-state index contributed by atoms with van der Waals surface area (Å²) in [7, 11) is 2.59. The zero-order chi connectivity index (χ0) is 10.7. The Morgan fingerprint density at radius 1 is 1.36 bits per heavy atom. The predicted molar refractivity (Wildman–Crippen MR) is 46.5 cm³/mol. The Balaban J connectivity index is 3.34. The molecule has 0 saturated carbocycles. The molecule has 14 heavy (non-hydrogen) atoms. The van der Waals surface area contributed by atoms with Gasteiger partial charge in [-0.3, -0.25) is 0 Å². The normalized spacial score (nSPS) is 9.64. The first-order valence-electron chi connectivity index (χ1n) is 3.75. The first-order valence-corrected chi connectivity index (χ1v) is 3.75. The molecule has 0 saturated heterocycles. The molecule has 0 aliphatic carbocycles. The number of hydrogen-bond donors (Lipinski definition) is 1. The number of benzene rings is 1. The van der Waals surface area contributed by atoms with Gasteiger partial charge in [0, 0.05) is 0 Å². The Kier molecular flexibility index (Phi) is 2.91. The number of carboxylic acids is 1. The Bertz CT molecular complexity index is 362. The summed E-state index contributed by atoms with van der Waals surface area (Å²) in [6, 6.07) is 2.46. The summed E-state index contributed by atoms with van der Waals surface area (Å²) in [6.07, 6.45) is 0. The molecule has 1 N–H and O–H groups in total. The number of rotatable bonds is 3. The van der Waals surface area contributed by atoms with Crippen LogP contribution in [-0.4, -0.2) is 25.3 Å². The lowest BCUT2D eigenvalue weighted by Crippen LogP contribution is -2.03. The van der Waals surface area contributed by atoms with Crippen molar-refractivity contribution in [1.29, 1.82) is 0 Å². The number of carboxylic acid groups (broad SMARTS) is 1. The Labute approximate surface area is 79.9 Å². The van der Waals surface area contributed by atoms with E-state index in [9.17, 15) is 9.18 Å². The highest BCUT2D eigenvalue weighted by atomic mass is 19.1. The van der Waals surface area contributed by atoms with Gasteiger partial charge >= 0.3 is 5.97 Å². The van der Waals surface area contributed by atoms with Gasteiger partial charge in [-0.15, -0.1) is 0 Å².